The molecular weight excluding hydrogens is 428 g/mol. The van der Waals surface area contributed by atoms with Gasteiger partial charge in [-0.2, -0.15) is 8.42 Å². The van der Waals surface area contributed by atoms with Gasteiger partial charge in [0.2, 0.25) is 5.88 Å². The zero-order valence-corrected chi connectivity index (χ0v) is 18.0. The van der Waals surface area contributed by atoms with Crippen LogP contribution in [0.3, 0.4) is 0 Å². The monoisotopic (exact) mass is 452 g/mol. The third-order valence-electron chi connectivity index (χ3n) is 5.44. The minimum absolute atomic E-state index is 0.0218. The second-order valence-electron chi connectivity index (χ2n) is 7.75. The van der Waals surface area contributed by atoms with Crippen molar-refractivity contribution in [3.05, 3.63) is 108 Å². The molecule has 0 amide bonds. The molecule has 4 rings (SSSR count). The normalized spacial score (nSPS) is 16.8. The number of aromatic hydroxyl groups is 1. The molecule has 0 fully saturated rings. The fraction of sp³-hybridized carbons (Fsp3) is 0.167. The maximum atomic E-state index is 12.1. The van der Waals surface area contributed by atoms with E-state index in [0.717, 1.165) is 27.2 Å². The van der Waals surface area contributed by atoms with Gasteiger partial charge in [-0.15, -0.1) is 0 Å². The molecule has 2 unspecified atom stereocenters. The van der Waals surface area contributed by atoms with Crippen LogP contribution in [0.1, 0.15) is 22.8 Å². The molecule has 0 bridgehead atoms. The molecule has 0 spiro atoms. The van der Waals surface area contributed by atoms with E-state index in [9.17, 15) is 23.7 Å². The van der Waals surface area contributed by atoms with E-state index in [2.05, 4.69) is 0 Å². The molecule has 4 N–H and O–H groups in total. The molecule has 1 aliphatic heterocycles. The van der Waals surface area contributed by atoms with Gasteiger partial charge in [-0.25, -0.2) is 9.03 Å². The highest BCUT2D eigenvalue weighted by molar-refractivity contribution is 7.91. The molecule has 0 saturated heterocycles. The number of phenolic OH excluding ortho intramolecular Hbond substituents is 1. The number of phenols is 1. The number of benzene rings is 3. The number of aliphatic hydroxyl groups excluding tert-OH is 2. The Bertz CT molecular complexity index is 1210. The van der Waals surface area contributed by atoms with Crippen molar-refractivity contribution in [2.45, 2.75) is 18.9 Å². The first-order chi connectivity index (χ1) is 15.3. The molecule has 0 aromatic heterocycles. The summed E-state index contributed by atoms with van der Waals surface area (Å²) >= 11 is 0. The number of hydrogen-bond donors (Lipinski definition) is 4. The Morgan fingerprint density at radius 3 is 2.06 bits per heavy atom. The Labute approximate surface area is 187 Å². The van der Waals surface area contributed by atoms with E-state index < -0.39 is 22.2 Å². The minimum atomic E-state index is -4.00. The Morgan fingerprint density at radius 2 is 1.47 bits per heavy atom. The Kier molecular flexibility index (Phi) is 6.07. The van der Waals surface area contributed by atoms with Crippen molar-refractivity contribution in [1.82, 2.24) is 4.72 Å². The molecule has 1 heterocycles. The minimum Gasteiger partial charge on any atom is -0.506 e. The van der Waals surface area contributed by atoms with Gasteiger partial charge in [0.15, 0.2) is 0 Å². The molecule has 3 aromatic rings. The lowest BCUT2D eigenvalue weighted by Crippen LogP contribution is -2.29. The molecule has 1 aliphatic rings. The SMILES string of the molecule is O=S1(=O)NC(O)=CN1c1ccc(CC(Cc2ccccc2)C(O)c2ccccc2)cc1O. The predicted octanol–water partition coefficient (Wildman–Crippen LogP) is 3.54. The van der Waals surface area contributed by atoms with Gasteiger partial charge in [-0.05, 0) is 47.6 Å². The molecule has 8 heteroatoms. The van der Waals surface area contributed by atoms with E-state index in [1.54, 1.807) is 6.07 Å². The predicted molar refractivity (Wildman–Crippen MR) is 122 cm³/mol. The van der Waals surface area contributed by atoms with Crippen LogP contribution in [0, 0.1) is 5.92 Å². The van der Waals surface area contributed by atoms with Crippen LogP contribution < -0.4 is 9.03 Å². The average Bonchev–Trinajstić information content (AvgIpc) is 3.06. The van der Waals surface area contributed by atoms with Crippen LogP contribution >= 0.6 is 0 Å². The first-order valence-corrected chi connectivity index (χ1v) is 11.6. The lowest BCUT2D eigenvalue weighted by atomic mass is 9.85. The third-order valence-corrected chi connectivity index (χ3v) is 6.72. The maximum absolute atomic E-state index is 12.1. The van der Waals surface area contributed by atoms with Gasteiger partial charge in [0.05, 0.1) is 12.3 Å². The van der Waals surface area contributed by atoms with E-state index in [4.69, 9.17) is 0 Å². The Balaban J connectivity index is 1.61. The quantitative estimate of drug-likeness (QED) is 0.438. The topological polar surface area (TPSA) is 110 Å². The van der Waals surface area contributed by atoms with Crippen molar-refractivity contribution in [1.29, 1.82) is 0 Å². The first-order valence-electron chi connectivity index (χ1n) is 10.2. The summed E-state index contributed by atoms with van der Waals surface area (Å²) in [6.07, 6.45) is 1.36. The third kappa shape index (κ3) is 4.71. The van der Waals surface area contributed by atoms with Gasteiger partial charge >= 0.3 is 10.2 Å². The van der Waals surface area contributed by atoms with Crippen LogP contribution in [-0.2, 0) is 23.1 Å². The van der Waals surface area contributed by atoms with Gasteiger partial charge in [0, 0.05) is 0 Å². The van der Waals surface area contributed by atoms with Gasteiger partial charge in [0.1, 0.15) is 11.4 Å². The molecular formula is C24H24N2O5S. The van der Waals surface area contributed by atoms with Gasteiger partial charge < -0.3 is 15.3 Å². The number of hydrogen-bond acceptors (Lipinski definition) is 5. The van der Waals surface area contributed by atoms with Crippen molar-refractivity contribution in [2.75, 3.05) is 4.31 Å². The lowest BCUT2D eigenvalue weighted by Gasteiger charge is -2.24. The lowest BCUT2D eigenvalue weighted by molar-refractivity contribution is 0.108. The Hall–Kier alpha value is -3.49. The fourth-order valence-corrected chi connectivity index (χ4v) is 4.97. The summed E-state index contributed by atoms with van der Waals surface area (Å²) in [4.78, 5) is 0. The molecule has 0 radical (unpaired) electrons. The van der Waals surface area contributed by atoms with Gasteiger partial charge in [0.25, 0.3) is 0 Å². The maximum Gasteiger partial charge on any atom is 0.330 e. The highest BCUT2D eigenvalue weighted by Crippen LogP contribution is 2.35. The fourth-order valence-electron chi connectivity index (χ4n) is 3.91. The first kappa shape index (κ1) is 21.7. The van der Waals surface area contributed by atoms with Crippen molar-refractivity contribution >= 4 is 15.9 Å². The second kappa shape index (κ2) is 8.94. The van der Waals surface area contributed by atoms with Crippen LogP contribution in [-0.4, -0.2) is 23.7 Å². The number of nitrogens with zero attached hydrogens (tertiary/aromatic N) is 1. The highest BCUT2D eigenvalue weighted by Gasteiger charge is 2.31. The van der Waals surface area contributed by atoms with Gasteiger partial charge in [-0.1, -0.05) is 66.7 Å². The number of nitrogens with one attached hydrogen (secondary N) is 1. The van der Waals surface area contributed by atoms with Crippen LogP contribution in [0.25, 0.3) is 0 Å². The number of rotatable bonds is 7. The number of anilines is 1. The van der Waals surface area contributed by atoms with Crippen molar-refractivity contribution in [2.24, 2.45) is 5.92 Å². The van der Waals surface area contributed by atoms with Crippen LogP contribution in [0.5, 0.6) is 5.75 Å². The molecule has 0 saturated carbocycles. The van der Waals surface area contributed by atoms with Crippen LogP contribution in [0.15, 0.2) is 90.9 Å². The summed E-state index contributed by atoms with van der Waals surface area (Å²) in [6, 6.07) is 24.0. The second-order valence-corrected chi connectivity index (χ2v) is 9.30. The van der Waals surface area contributed by atoms with Crippen LogP contribution in [0.2, 0.25) is 0 Å². The molecule has 32 heavy (non-hydrogen) atoms. The Morgan fingerprint density at radius 1 is 0.844 bits per heavy atom. The van der Waals surface area contributed by atoms with E-state index in [-0.39, 0.29) is 17.4 Å². The summed E-state index contributed by atoms with van der Waals surface area (Å²) in [5, 5.41) is 31.1. The molecule has 2 atom stereocenters. The molecule has 7 nitrogen and oxygen atoms in total. The van der Waals surface area contributed by atoms with Gasteiger partial charge in [-0.3, -0.25) is 0 Å². The van der Waals surface area contributed by atoms with E-state index in [1.165, 1.54) is 12.1 Å². The molecule has 0 aliphatic carbocycles. The largest absolute Gasteiger partial charge is 0.506 e. The summed E-state index contributed by atoms with van der Waals surface area (Å²) < 4.78 is 26.9. The van der Waals surface area contributed by atoms with E-state index in [1.807, 2.05) is 65.4 Å². The summed E-state index contributed by atoms with van der Waals surface area (Å²) in [5.41, 5.74) is 2.67. The van der Waals surface area contributed by atoms with Crippen molar-refractivity contribution in [3.63, 3.8) is 0 Å². The summed E-state index contributed by atoms with van der Waals surface area (Å²) in [5.74, 6) is -0.944. The standard InChI is InChI=1S/C24H24N2O5S/c27-22-15-18(11-12-21(22)26-16-23(28)25-32(26,30)31)14-20(13-17-7-3-1-4-8-17)24(29)19-9-5-2-6-10-19/h1-12,15-16,20,24-25,27-29H,13-14H2. The number of aliphatic hydroxyl groups is 2. The van der Waals surface area contributed by atoms with Crippen molar-refractivity contribution in [3.8, 4) is 5.75 Å². The molecule has 3 aromatic carbocycles. The van der Waals surface area contributed by atoms with E-state index >= 15 is 0 Å². The van der Waals surface area contributed by atoms with Crippen LogP contribution in [0.4, 0.5) is 5.69 Å². The van der Waals surface area contributed by atoms with E-state index in [0.29, 0.717) is 12.8 Å². The summed E-state index contributed by atoms with van der Waals surface area (Å²) in [7, 11) is -4.00. The highest BCUT2D eigenvalue weighted by atomic mass is 32.2. The average molecular weight is 453 g/mol. The smallest absolute Gasteiger partial charge is 0.330 e. The zero-order chi connectivity index (χ0) is 22.7. The molecule has 166 valence electrons. The van der Waals surface area contributed by atoms with Crippen molar-refractivity contribution < 1.29 is 23.7 Å². The zero-order valence-electron chi connectivity index (χ0n) is 17.2. The summed E-state index contributed by atoms with van der Waals surface area (Å²) in [6.45, 7) is 0.